The van der Waals surface area contributed by atoms with Gasteiger partial charge in [0.25, 0.3) is 0 Å². The van der Waals surface area contributed by atoms with Crippen molar-refractivity contribution >= 4 is 99.4 Å². The molecule has 1 aliphatic carbocycles. The van der Waals surface area contributed by atoms with Crippen LogP contribution in [0.1, 0.15) is 47.8 Å². The number of hydrogen-bond donors (Lipinski definition) is 0. The SMILES string of the molecule is CC/C=C\c1c(C)n(-c2c(-n3c4c(c5ccccc53)CCC=C4)c(-n3c4ccccc4c4ccccc43)c(-c3ccccc3)c(-n3c4ccccc4c4ccccc43)c2-n2c3ccccc3c3ccccc32)c2cc(C(F)(F)F)ccc12. The molecule has 394 valence electrons. The molecule has 5 heterocycles. The number of nitrogens with zero attached hydrogens (tertiary/aromatic N) is 5. The molecule has 0 N–H and O–H groups in total. The van der Waals surface area contributed by atoms with Crippen LogP contribution in [-0.2, 0) is 12.6 Å². The van der Waals surface area contributed by atoms with E-state index in [9.17, 15) is 0 Å². The van der Waals surface area contributed by atoms with Crippen molar-refractivity contribution in [2.24, 2.45) is 0 Å². The van der Waals surface area contributed by atoms with E-state index in [1.807, 2.05) is 0 Å². The number of halogens is 3. The Bertz CT molecular complexity index is 5040. The Kier molecular flexibility index (Phi) is 10.7. The van der Waals surface area contributed by atoms with Gasteiger partial charge in [0.1, 0.15) is 0 Å². The van der Waals surface area contributed by atoms with Crippen LogP contribution in [0.5, 0.6) is 0 Å². The van der Waals surface area contributed by atoms with E-state index in [1.165, 1.54) is 17.7 Å². The Labute approximate surface area is 470 Å². The molecule has 0 saturated heterocycles. The standard InChI is InChI=1S/C74H52F3N5/c1-3-4-26-49-46(2)78(67-45-48(74(75,76)77)43-44-58(49)67)73-71(81-63-39-20-12-31-54(63)55-32-13-21-40-64(55)81)69(79-59-35-16-8-27-50(59)51-28-9-17-36-60(51)79)68(47-24-6-5-7-25-47)70(80-61-37-18-10-29-52(61)53-30-11-19-38-62(53)80)72(73)82-65-41-22-14-33-56(65)57-34-15-23-42-66(57)82/h4-14,16-33,35-45H,3,15,34H2,1-2H3/b26-4-. The number of hydrogen-bond acceptors (Lipinski definition) is 0. The van der Waals surface area contributed by atoms with Crippen LogP contribution in [0.2, 0.25) is 0 Å². The molecule has 0 fully saturated rings. The summed E-state index contributed by atoms with van der Waals surface area (Å²) in [6, 6.07) is 75.6. The van der Waals surface area contributed by atoms with E-state index in [0.29, 0.717) is 5.52 Å². The molecular formula is C74H52F3N5. The second-order valence-electron chi connectivity index (χ2n) is 21.6. The Balaban J connectivity index is 1.32. The highest BCUT2D eigenvalue weighted by molar-refractivity contribution is 6.17. The minimum absolute atomic E-state index is 0.445. The van der Waals surface area contributed by atoms with Crippen LogP contribution in [0, 0.1) is 6.92 Å². The fourth-order valence-corrected chi connectivity index (χ4v) is 13.9. The van der Waals surface area contributed by atoms with Crippen LogP contribution in [0.3, 0.4) is 0 Å². The zero-order chi connectivity index (χ0) is 55.0. The first-order valence-electron chi connectivity index (χ1n) is 28.2. The molecule has 82 heavy (non-hydrogen) atoms. The van der Waals surface area contributed by atoms with E-state index in [4.69, 9.17) is 0 Å². The van der Waals surface area contributed by atoms with Crippen LogP contribution in [0.15, 0.2) is 231 Å². The van der Waals surface area contributed by atoms with Crippen molar-refractivity contribution in [3.8, 4) is 39.6 Å². The summed E-state index contributed by atoms with van der Waals surface area (Å²) in [7, 11) is 0. The lowest BCUT2D eigenvalue weighted by Gasteiger charge is -2.32. The van der Waals surface area contributed by atoms with Gasteiger partial charge in [-0.3, -0.25) is 0 Å². The molecule has 0 bridgehead atoms. The van der Waals surface area contributed by atoms with Gasteiger partial charge in [0.05, 0.1) is 78.1 Å². The lowest BCUT2D eigenvalue weighted by atomic mass is 9.94. The molecule has 0 amide bonds. The molecule has 0 spiro atoms. The van der Waals surface area contributed by atoms with Crippen LogP contribution in [0.4, 0.5) is 13.2 Å². The quantitative estimate of drug-likeness (QED) is 0.145. The zero-order valence-corrected chi connectivity index (χ0v) is 45.1. The van der Waals surface area contributed by atoms with Gasteiger partial charge in [-0.2, -0.15) is 13.2 Å². The predicted molar refractivity (Wildman–Crippen MR) is 335 cm³/mol. The molecule has 5 aromatic heterocycles. The summed E-state index contributed by atoms with van der Waals surface area (Å²) in [5, 5.41) is 8.28. The smallest absolute Gasteiger partial charge is 0.309 e. The normalized spacial score (nSPS) is 13.0. The van der Waals surface area contributed by atoms with Gasteiger partial charge in [0.15, 0.2) is 0 Å². The first-order chi connectivity index (χ1) is 40.3. The van der Waals surface area contributed by atoms with E-state index >= 15 is 13.2 Å². The van der Waals surface area contributed by atoms with Crippen LogP contribution < -0.4 is 0 Å². The number of para-hydroxylation sites is 7. The van der Waals surface area contributed by atoms with Crippen molar-refractivity contribution in [2.45, 2.75) is 39.3 Å². The summed E-state index contributed by atoms with van der Waals surface area (Å²) in [5.41, 5.74) is 16.5. The molecule has 0 aliphatic heterocycles. The molecule has 5 nitrogen and oxygen atoms in total. The molecule has 0 unspecified atom stereocenters. The minimum Gasteiger partial charge on any atom is -0.309 e. The van der Waals surface area contributed by atoms with E-state index in [2.05, 4.69) is 261 Å². The minimum atomic E-state index is -4.64. The summed E-state index contributed by atoms with van der Waals surface area (Å²) in [5.74, 6) is 0. The zero-order valence-electron chi connectivity index (χ0n) is 45.1. The molecule has 15 aromatic rings. The van der Waals surface area contributed by atoms with Crippen LogP contribution in [-0.4, -0.2) is 22.8 Å². The molecule has 0 atom stereocenters. The third-order valence-corrected chi connectivity index (χ3v) is 17.2. The summed E-state index contributed by atoms with van der Waals surface area (Å²) in [6.45, 7) is 4.19. The Morgan fingerprint density at radius 3 is 1.28 bits per heavy atom. The van der Waals surface area contributed by atoms with Gasteiger partial charge in [-0.05, 0) is 98.0 Å². The number of fused-ring (bicyclic) bond motifs is 13. The van der Waals surface area contributed by atoms with Gasteiger partial charge in [-0.15, -0.1) is 0 Å². The van der Waals surface area contributed by atoms with Gasteiger partial charge >= 0.3 is 6.18 Å². The molecular weight excluding hydrogens is 1020 g/mol. The van der Waals surface area contributed by atoms with Gasteiger partial charge in [-0.25, -0.2) is 0 Å². The topological polar surface area (TPSA) is 24.6 Å². The van der Waals surface area contributed by atoms with Crippen LogP contribution in [0.25, 0.3) is 139 Å². The van der Waals surface area contributed by atoms with Gasteiger partial charge in [-0.1, -0.05) is 189 Å². The molecule has 0 saturated carbocycles. The van der Waals surface area contributed by atoms with Crippen molar-refractivity contribution in [2.75, 3.05) is 0 Å². The van der Waals surface area contributed by atoms with Crippen LogP contribution >= 0.6 is 0 Å². The van der Waals surface area contributed by atoms with E-state index < -0.39 is 11.7 Å². The fourth-order valence-electron chi connectivity index (χ4n) is 13.9. The molecule has 8 heteroatoms. The Morgan fingerprint density at radius 2 is 0.817 bits per heavy atom. The van der Waals surface area contributed by atoms with E-state index in [1.54, 1.807) is 6.07 Å². The second-order valence-corrected chi connectivity index (χ2v) is 21.6. The van der Waals surface area contributed by atoms with Crippen molar-refractivity contribution in [3.05, 3.63) is 259 Å². The maximum absolute atomic E-state index is 15.8. The first kappa shape index (κ1) is 47.9. The molecule has 0 radical (unpaired) electrons. The molecule has 16 rings (SSSR count). The number of rotatable bonds is 8. The number of aromatic nitrogens is 5. The maximum Gasteiger partial charge on any atom is 0.416 e. The lowest BCUT2D eigenvalue weighted by molar-refractivity contribution is -0.137. The summed E-state index contributed by atoms with van der Waals surface area (Å²) in [4.78, 5) is 0. The fraction of sp³-hybridized carbons (Fsp3) is 0.0811. The molecule has 10 aromatic carbocycles. The van der Waals surface area contributed by atoms with Crippen molar-refractivity contribution in [1.29, 1.82) is 0 Å². The lowest BCUT2D eigenvalue weighted by Crippen LogP contribution is -2.19. The Morgan fingerprint density at radius 1 is 0.415 bits per heavy atom. The van der Waals surface area contributed by atoms with Crippen molar-refractivity contribution in [1.82, 2.24) is 22.8 Å². The van der Waals surface area contributed by atoms with Crippen molar-refractivity contribution < 1.29 is 13.2 Å². The van der Waals surface area contributed by atoms with Crippen molar-refractivity contribution in [3.63, 3.8) is 0 Å². The van der Waals surface area contributed by atoms with Gasteiger partial charge < -0.3 is 22.8 Å². The largest absolute Gasteiger partial charge is 0.416 e. The first-order valence-corrected chi connectivity index (χ1v) is 28.2. The van der Waals surface area contributed by atoms with E-state index in [-0.39, 0.29) is 0 Å². The third-order valence-electron chi connectivity index (χ3n) is 17.2. The Hall–Kier alpha value is -10.1. The maximum atomic E-state index is 15.8. The average molecular weight is 1070 g/mol. The second kappa shape index (κ2) is 18.2. The predicted octanol–water partition coefficient (Wildman–Crippen LogP) is 20.2. The average Bonchev–Trinajstić information content (AvgIpc) is 1.91. The number of benzene rings is 10. The third kappa shape index (κ3) is 6.81. The highest BCUT2D eigenvalue weighted by Gasteiger charge is 2.38. The number of aryl methyl sites for hydroxylation is 1. The number of allylic oxidation sites excluding steroid dienone is 2. The van der Waals surface area contributed by atoms with E-state index in [0.717, 1.165) is 157 Å². The van der Waals surface area contributed by atoms with Gasteiger partial charge in [0, 0.05) is 65.6 Å². The van der Waals surface area contributed by atoms with Gasteiger partial charge in [0.2, 0.25) is 0 Å². The summed E-state index contributed by atoms with van der Waals surface area (Å²) >= 11 is 0. The number of alkyl halides is 3. The summed E-state index contributed by atoms with van der Waals surface area (Å²) in [6.07, 6.45) is 6.55. The summed E-state index contributed by atoms with van der Waals surface area (Å²) < 4.78 is 59.3. The highest BCUT2D eigenvalue weighted by Crippen LogP contribution is 2.54. The molecule has 1 aliphatic rings. The monoisotopic (exact) mass is 1070 g/mol. The highest BCUT2D eigenvalue weighted by atomic mass is 19.4.